The molecule has 75 heavy (non-hydrogen) atoms. The zero-order valence-corrected chi connectivity index (χ0v) is 45.7. The first-order valence-corrected chi connectivity index (χ1v) is 26.2. The van der Waals surface area contributed by atoms with Crippen molar-refractivity contribution < 1.29 is 81.5 Å². The van der Waals surface area contributed by atoms with Crippen molar-refractivity contribution in [2.45, 2.75) is 217 Å². The zero-order valence-electron chi connectivity index (χ0n) is 45.7. The van der Waals surface area contributed by atoms with Gasteiger partial charge in [0.1, 0.15) is 35.8 Å². The number of methoxy groups -OCH3 is 1. The van der Waals surface area contributed by atoms with Gasteiger partial charge in [-0.1, -0.05) is 31.1 Å². The second-order valence-electron chi connectivity index (χ2n) is 22.4. The average Bonchev–Trinajstić information content (AvgIpc) is 4.01. The van der Waals surface area contributed by atoms with Gasteiger partial charge >= 0.3 is 12.3 Å². The number of aromatic nitrogens is 3. The van der Waals surface area contributed by atoms with Gasteiger partial charge < -0.3 is 73.3 Å². The van der Waals surface area contributed by atoms with Crippen molar-refractivity contribution in [1.29, 1.82) is 0 Å². The van der Waals surface area contributed by atoms with Crippen molar-refractivity contribution >= 4 is 11.7 Å². The highest BCUT2D eigenvalue weighted by Crippen LogP contribution is 2.40. The molecular weight excluding hydrogens is 990 g/mol. The molecule has 3 saturated heterocycles. The van der Waals surface area contributed by atoms with Gasteiger partial charge in [-0.2, -0.15) is 0 Å². The number of oxime groups is 1. The molecule has 6 rings (SSSR count). The van der Waals surface area contributed by atoms with Crippen LogP contribution in [0, 0.1) is 17.8 Å². The zero-order chi connectivity index (χ0) is 55.5. The largest absolute Gasteiger partial charge is 0.573 e. The quantitative estimate of drug-likeness (QED) is 0.167. The molecule has 0 bridgehead atoms. The smallest absolute Gasteiger partial charge is 0.459 e. The number of cyclic esters (lactones) is 1. The summed E-state index contributed by atoms with van der Waals surface area (Å²) in [5.41, 5.74) is -2.76. The maximum absolute atomic E-state index is 14.5. The number of nitrogens with zero attached hydrogens (tertiary/aromatic N) is 6. The van der Waals surface area contributed by atoms with Crippen LogP contribution in [-0.4, -0.2) is 199 Å². The van der Waals surface area contributed by atoms with E-state index in [9.17, 15) is 43.5 Å². The molecule has 0 amide bonds. The van der Waals surface area contributed by atoms with Gasteiger partial charge in [-0.15, -0.1) is 18.3 Å². The first kappa shape index (κ1) is 60.6. The summed E-state index contributed by atoms with van der Waals surface area (Å²) in [6.45, 7) is 18.5. The summed E-state index contributed by atoms with van der Waals surface area (Å²) in [6.07, 6.45) is -12.1. The molecule has 5 N–H and O–H groups in total. The summed E-state index contributed by atoms with van der Waals surface area (Å²) in [5.74, 6) is -3.24. The number of esters is 1. The summed E-state index contributed by atoms with van der Waals surface area (Å²) in [7, 11) is 5.19. The van der Waals surface area contributed by atoms with Gasteiger partial charge in [0.05, 0.1) is 59.5 Å². The lowest BCUT2D eigenvalue weighted by atomic mass is 9.77. The highest BCUT2D eigenvalue weighted by atomic mass is 19.4. The topological polar surface area (TPSA) is 242 Å². The number of hydrogen-bond acceptors (Lipinski definition) is 19. The maximum Gasteiger partial charge on any atom is 0.573 e. The van der Waals surface area contributed by atoms with Gasteiger partial charge in [0.25, 0.3) is 0 Å². The molecule has 0 radical (unpaired) electrons. The predicted octanol–water partition coefficient (Wildman–Crippen LogP) is 4.20. The minimum absolute atomic E-state index is 0.0756. The first-order chi connectivity index (χ1) is 35.0. The monoisotopic (exact) mass is 1070 g/mol. The fourth-order valence-electron chi connectivity index (χ4n) is 11.4. The third-order valence-corrected chi connectivity index (χ3v) is 16.0. The Morgan fingerprint density at radius 2 is 1.64 bits per heavy atom. The van der Waals surface area contributed by atoms with E-state index in [0.717, 1.165) is 0 Å². The van der Waals surface area contributed by atoms with Crippen molar-refractivity contribution in [3.05, 3.63) is 41.7 Å². The molecule has 0 saturated carbocycles. The standard InChI is InChI=1S/C52H83F3N6O14/c1-14-40-51(10,67)44(63)32(6)60(12)25-28(2)23-49(8,66)46(30(4)43(31(5)47(65)71-40)72-41-24-50(9,68-13)45(64)33(7)70-41)73-48-42(62)39(21-29(3)69-48)59(11)20-19-35-26-61(58-56-35)27-37-22-38(57-75-37)34-15-17-36(18-16-34)74-52(53,54)55/h15-18,26,28-33,37,39-46,48,62-64,66-67H,14,19-25,27H2,1-13H3/t28-,29-,30+,31-,32-,33+,37-,39+,40-,41+,42-,43+,44-,45+,46-,48+,49-,50-,51-/m1/s1. The normalized spacial score (nSPS) is 40.1. The van der Waals surface area contributed by atoms with Gasteiger partial charge in [-0.3, -0.25) is 4.79 Å². The highest BCUT2D eigenvalue weighted by Gasteiger charge is 2.53. The fourth-order valence-corrected chi connectivity index (χ4v) is 11.4. The molecule has 4 aliphatic heterocycles. The Bertz CT molecular complexity index is 2190. The summed E-state index contributed by atoms with van der Waals surface area (Å²) < 4.78 is 81.7. The number of alkyl halides is 3. The van der Waals surface area contributed by atoms with Crippen LogP contribution in [0.5, 0.6) is 5.75 Å². The molecule has 1 aromatic carbocycles. The van der Waals surface area contributed by atoms with E-state index in [-0.39, 0.29) is 30.9 Å². The van der Waals surface area contributed by atoms with Crippen LogP contribution in [0.4, 0.5) is 13.2 Å². The Morgan fingerprint density at radius 3 is 2.28 bits per heavy atom. The molecule has 2 aromatic rings. The van der Waals surface area contributed by atoms with Gasteiger partial charge in [-0.05, 0) is 118 Å². The van der Waals surface area contributed by atoms with E-state index < -0.39 is 121 Å². The van der Waals surface area contributed by atoms with E-state index >= 15 is 0 Å². The fraction of sp³-hybridized carbons (Fsp3) is 0.808. The third-order valence-electron chi connectivity index (χ3n) is 16.0. The van der Waals surface area contributed by atoms with E-state index in [2.05, 4.69) is 20.2 Å². The van der Waals surface area contributed by atoms with Crippen LogP contribution in [0.3, 0.4) is 0 Å². The summed E-state index contributed by atoms with van der Waals surface area (Å²) in [4.78, 5) is 24.0. The lowest BCUT2D eigenvalue weighted by Crippen LogP contribution is -2.61. The Labute approximate surface area is 438 Å². The van der Waals surface area contributed by atoms with Crippen molar-refractivity contribution in [1.82, 2.24) is 24.8 Å². The molecule has 4 aliphatic rings. The van der Waals surface area contributed by atoms with Crippen molar-refractivity contribution in [2.24, 2.45) is 22.9 Å². The van der Waals surface area contributed by atoms with Crippen LogP contribution in [0.1, 0.15) is 113 Å². The van der Waals surface area contributed by atoms with Crippen LogP contribution in [0.15, 0.2) is 35.6 Å². The number of rotatable bonds is 14. The molecule has 19 atom stereocenters. The summed E-state index contributed by atoms with van der Waals surface area (Å²) >= 11 is 0. The van der Waals surface area contributed by atoms with E-state index in [0.29, 0.717) is 55.9 Å². The van der Waals surface area contributed by atoms with Gasteiger partial charge in [0.15, 0.2) is 18.7 Å². The number of aliphatic hydroxyl groups excluding tert-OH is 3. The van der Waals surface area contributed by atoms with E-state index in [1.807, 2.05) is 37.7 Å². The van der Waals surface area contributed by atoms with Crippen molar-refractivity contribution in [3.63, 3.8) is 0 Å². The van der Waals surface area contributed by atoms with Crippen LogP contribution in [0.2, 0.25) is 0 Å². The number of hydrogen-bond donors (Lipinski definition) is 5. The minimum Gasteiger partial charge on any atom is -0.459 e. The third kappa shape index (κ3) is 14.8. The van der Waals surface area contributed by atoms with Crippen molar-refractivity contribution in [2.75, 3.05) is 34.3 Å². The molecule has 0 spiro atoms. The molecule has 426 valence electrons. The molecule has 3 fully saturated rings. The maximum atomic E-state index is 14.5. The lowest BCUT2D eigenvalue weighted by molar-refractivity contribution is -0.318. The Morgan fingerprint density at radius 1 is 0.960 bits per heavy atom. The van der Waals surface area contributed by atoms with E-state index in [4.69, 9.17) is 33.3 Å². The summed E-state index contributed by atoms with van der Waals surface area (Å²) in [6, 6.07) is 4.34. The Kier molecular flexibility index (Phi) is 19.9. The SMILES string of the molecule is CC[C@H]1OC(=O)[C@H](C)[C@@H](O[C@H]2C[C@@](C)(OC)[C@@H](O)[C@H](C)O2)[C@H](C)[C@@H](O[C@@H]2O[C@H](C)C[C@H](N(C)CCc3cn(C[C@H]4CC(c5ccc(OC(F)(F)F)cc5)=NO4)nn3)[C@H]2O)[C@](C)(O)C[C@@H](C)CN(C)[C@H](C)[C@@H](O)[C@]1(C)O. The first-order valence-electron chi connectivity index (χ1n) is 26.2. The van der Waals surface area contributed by atoms with Crippen molar-refractivity contribution in [3.8, 4) is 5.75 Å². The number of benzene rings is 1. The van der Waals surface area contributed by atoms with Gasteiger partial charge in [0, 0.05) is 63.7 Å². The van der Waals surface area contributed by atoms with Crippen LogP contribution in [-0.2, 0) is 51.0 Å². The second-order valence-corrected chi connectivity index (χ2v) is 22.4. The number of halogens is 3. The highest BCUT2D eigenvalue weighted by molar-refractivity contribution is 6.01. The van der Waals surface area contributed by atoms with E-state index in [1.165, 1.54) is 38.3 Å². The second kappa shape index (κ2) is 24.6. The molecule has 0 unspecified atom stereocenters. The number of aliphatic hydroxyl groups is 5. The molecular formula is C52H83F3N6O14. The lowest BCUT2D eigenvalue weighted by Gasteiger charge is -2.49. The molecule has 23 heteroatoms. The van der Waals surface area contributed by atoms with Crippen LogP contribution >= 0.6 is 0 Å². The predicted molar refractivity (Wildman–Crippen MR) is 266 cm³/mol. The van der Waals surface area contributed by atoms with Crippen LogP contribution < -0.4 is 4.74 Å². The Balaban J connectivity index is 1.20. The summed E-state index contributed by atoms with van der Waals surface area (Å²) in [5, 5.41) is 72.5. The number of ether oxygens (including phenoxy) is 7. The minimum atomic E-state index is -4.79. The molecule has 1 aromatic heterocycles. The average molecular weight is 1070 g/mol. The number of likely N-dealkylation sites (N-methyl/N-ethyl adjacent to an activating group) is 2. The van der Waals surface area contributed by atoms with Gasteiger partial charge in [0.2, 0.25) is 0 Å². The molecule has 5 heterocycles. The number of carbonyl (C=O) groups excluding carboxylic acids is 1. The molecule has 20 nitrogen and oxygen atoms in total. The van der Waals surface area contributed by atoms with E-state index in [1.54, 1.807) is 59.3 Å². The van der Waals surface area contributed by atoms with Crippen LogP contribution in [0.25, 0.3) is 0 Å². The Hall–Kier alpha value is -3.59. The molecule has 0 aliphatic carbocycles. The number of carbonyl (C=O) groups is 1. The van der Waals surface area contributed by atoms with Gasteiger partial charge in [-0.25, -0.2) is 4.68 Å².